The van der Waals surface area contributed by atoms with E-state index in [1.807, 2.05) is 12.3 Å². The van der Waals surface area contributed by atoms with E-state index in [1.165, 1.54) is 36.6 Å². The molecule has 26 heavy (non-hydrogen) atoms. The van der Waals surface area contributed by atoms with E-state index in [1.54, 1.807) is 0 Å². The van der Waals surface area contributed by atoms with Crippen molar-refractivity contribution < 1.29 is 4.74 Å². The highest BCUT2D eigenvalue weighted by Crippen LogP contribution is 2.28. The van der Waals surface area contributed by atoms with Gasteiger partial charge in [0.15, 0.2) is 0 Å². The van der Waals surface area contributed by atoms with Crippen molar-refractivity contribution in [3.05, 3.63) is 47.8 Å². The van der Waals surface area contributed by atoms with Gasteiger partial charge < -0.3 is 9.30 Å². The first-order valence-corrected chi connectivity index (χ1v) is 10.0. The molecule has 4 heterocycles. The normalized spacial score (nSPS) is 22.6. The molecular formula is C21H30N4O. The van der Waals surface area contributed by atoms with Gasteiger partial charge in [-0.1, -0.05) is 6.07 Å². The SMILES string of the molecule is Cc1cnc(C2CCOCC2)n1CC1CCCN(Cc2ccccn2)C1. The summed E-state index contributed by atoms with van der Waals surface area (Å²) >= 11 is 0. The standard InChI is InChI=1S/C21H30N4O/c1-17-13-23-21(19-7-11-26-12-8-19)25(17)15-18-5-4-10-24(14-18)16-20-6-2-3-9-22-20/h2-3,6,9,13,18-19H,4-5,7-8,10-12,14-16H2,1H3. The van der Waals surface area contributed by atoms with Crippen LogP contribution >= 0.6 is 0 Å². The molecule has 2 aromatic heterocycles. The number of imidazole rings is 1. The topological polar surface area (TPSA) is 43.2 Å². The minimum absolute atomic E-state index is 0.561. The summed E-state index contributed by atoms with van der Waals surface area (Å²) in [5, 5.41) is 0. The largest absolute Gasteiger partial charge is 0.381 e. The van der Waals surface area contributed by atoms with E-state index in [0.29, 0.717) is 11.8 Å². The van der Waals surface area contributed by atoms with Crippen molar-refractivity contribution in [1.29, 1.82) is 0 Å². The quantitative estimate of drug-likeness (QED) is 0.825. The highest BCUT2D eigenvalue weighted by Gasteiger charge is 2.25. The zero-order valence-corrected chi connectivity index (χ0v) is 15.8. The van der Waals surface area contributed by atoms with Crippen LogP contribution in [0.25, 0.3) is 0 Å². The van der Waals surface area contributed by atoms with E-state index in [4.69, 9.17) is 9.72 Å². The second-order valence-corrected chi connectivity index (χ2v) is 7.82. The molecule has 0 aliphatic carbocycles. The molecule has 2 saturated heterocycles. The highest BCUT2D eigenvalue weighted by atomic mass is 16.5. The lowest BCUT2D eigenvalue weighted by molar-refractivity contribution is 0.0821. The van der Waals surface area contributed by atoms with Crippen LogP contribution in [0.2, 0.25) is 0 Å². The summed E-state index contributed by atoms with van der Waals surface area (Å²) in [5.41, 5.74) is 2.48. The van der Waals surface area contributed by atoms with Crippen molar-refractivity contribution in [1.82, 2.24) is 19.4 Å². The molecule has 140 valence electrons. The van der Waals surface area contributed by atoms with Crippen molar-refractivity contribution in [3.63, 3.8) is 0 Å². The number of piperidine rings is 1. The minimum atomic E-state index is 0.561. The maximum atomic E-state index is 5.54. The molecule has 1 unspecified atom stereocenters. The first kappa shape index (κ1) is 17.7. The van der Waals surface area contributed by atoms with Crippen LogP contribution in [0.1, 0.15) is 48.8 Å². The molecule has 0 aromatic carbocycles. The van der Waals surface area contributed by atoms with E-state index < -0.39 is 0 Å². The average Bonchev–Trinajstić information content (AvgIpc) is 3.04. The molecule has 5 heteroatoms. The highest BCUT2D eigenvalue weighted by molar-refractivity contribution is 5.09. The Kier molecular flexibility index (Phi) is 5.65. The van der Waals surface area contributed by atoms with Gasteiger partial charge in [0.1, 0.15) is 5.82 Å². The Balaban J connectivity index is 1.41. The van der Waals surface area contributed by atoms with Gasteiger partial charge in [-0.05, 0) is 57.2 Å². The number of hydrogen-bond donors (Lipinski definition) is 0. The van der Waals surface area contributed by atoms with Crippen LogP contribution in [0.5, 0.6) is 0 Å². The Bertz CT molecular complexity index is 693. The number of rotatable bonds is 5. The molecule has 0 radical (unpaired) electrons. The Morgan fingerprint density at radius 3 is 2.85 bits per heavy atom. The molecule has 2 fully saturated rings. The van der Waals surface area contributed by atoms with Crippen LogP contribution in [0, 0.1) is 12.8 Å². The predicted octanol–water partition coefficient (Wildman–Crippen LogP) is 3.39. The summed E-state index contributed by atoms with van der Waals surface area (Å²) in [7, 11) is 0. The van der Waals surface area contributed by atoms with Gasteiger partial charge in [0, 0.05) is 56.9 Å². The van der Waals surface area contributed by atoms with Gasteiger partial charge in [-0.2, -0.15) is 0 Å². The third-order valence-corrected chi connectivity index (χ3v) is 5.83. The number of likely N-dealkylation sites (tertiary alicyclic amines) is 1. The van der Waals surface area contributed by atoms with Gasteiger partial charge in [0.05, 0.1) is 5.69 Å². The lowest BCUT2D eigenvalue weighted by Crippen LogP contribution is -2.37. The third-order valence-electron chi connectivity index (χ3n) is 5.83. The van der Waals surface area contributed by atoms with Crippen LogP contribution in [-0.4, -0.2) is 45.7 Å². The lowest BCUT2D eigenvalue weighted by Gasteiger charge is -2.33. The monoisotopic (exact) mass is 354 g/mol. The van der Waals surface area contributed by atoms with Crippen molar-refractivity contribution in [2.45, 2.75) is 51.6 Å². The predicted molar refractivity (Wildman–Crippen MR) is 102 cm³/mol. The maximum absolute atomic E-state index is 5.54. The molecular weight excluding hydrogens is 324 g/mol. The van der Waals surface area contributed by atoms with Crippen molar-refractivity contribution in [2.75, 3.05) is 26.3 Å². The fraction of sp³-hybridized carbons (Fsp3) is 0.619. The first-order chi connectivity index (χ1) is 12.8. The maximum Gasteiger partial charge on any atom is 0.112 e. The van der Waals surface area contributed by atoms with E-state index >= 15 is 0 Å². The fourth-order valence-electron chi connectivity index (χ4n) is 4.42. The summed E-state index contributed by atoms with van der Waals surface area (Å²) in [6.45, 7) is 8.34. The van der Waals surface area contributed by atoms with Crippen molar-refractivity contribution in [2.24, 2.45) is 5.92 Å². The molecule has 0 bridgehead atoms. The van der Waals surface area contributed by atoms with Crippen LogP contribution in [-0.2, 0) is 17.8 Å². The molecule has 0 amide bonds. The first-order valence-electron chi connectivity index (χ1n) is 10.0. The Labute approximate surface area is 156 Å². The number of nitrogens with zero attached hydrogens (tertiary/aromatic N) is 4. The van der Waals surface area contributed by atoms with Crippen LogP contribution < -0.4 is 0 Å². The molecule has 5 nitrogen and oxygen atoms in total. The van der Waals surface area contributed by atoms with Crippen molar-refractivity contribution >= 4 is 0 Å². The molecule has 1 atom stereocenters. The number of aromatic nitrogens is 3. The van der Waals surface area contributed by atoms with Gasteiger partial charge in [-0.3, -0.25) is 9.88 Å². The van der Waals surface area contributed by atoms with Gasteiger partial charge in [-0.25, -0.2) is 4.98 Å². The molecule has 2 aliphatic rings. The van der Waals surface area contributed by atoms with E-state index in [9.17, 15) is 0 Å². The summed E-state index contributed by atoms with van der Waals surface area (Å²) in [6.07, 6.45) is 8.74. The van der Waals surface area contributed by atoms with E-state index in [0.717, 1.165) is 45.7 Å². The summed E-state index contributed by atoms with van der Waals surface area (Å²) < 4.78 is 8.03. The molecule has 4 rings (SSSR count). The molecule has 0 saturated carbocycles. The Morgan fingerprint density at radius 2 is 2.04 bits per heavy atom. The second-order valence-electron chi connectivity index (χ2n) is 7.82. The summed E-state index contributed by atoms with van der Waals surface area (Å²) in [4.78, 5) is 11.8. The Hall–Kier alpha value is -1.72. The molecule has 2 aliphatic heterocycles. The second kappa shape index (κ2) is 8.31. The van der Waals surface area contributed by atoms with Crippen LogP contribution in [0.15, 0.2) is 30.6 Å². The van der Waals surface area contributed by atoms with Gasteiger partial charge in [-0.15, -0.1) is 0 Å². The van der Waals surface area contributed by atoms with Gasteiger partial charge in [0.2, 0.25) is 0 Å². The van der Waals surface area contributed by atoms with Gasteiger partial charge >= 0.3 is 0 Å². The van der Waals surface area contributed by atoms with Gasteiger partial charge in [0.25, 0.3) is 0 Å². The molecule has 2 aromatic rings. The van der Waals surface area contributed by atoms with Crippen LogP contribution in [0.3, 0.4) is 0 Å². The fourth-order valence-corrected chi connectivity index (χ4v) is 4.42. The number of pyridine rings is 1. The minimum Gasteiger partial charge on any atom is -0.381 e. The van der Waals surface area contributed by atoms with E-state index in [-0.39, 0.29) is 0 Å². The smallest absolute Gasteiger partial charge is 0.112 e. The lowest BCUT2D eigenvalue weighted by atomic mass is 9.96. The third kappa shape index (κ3) is 4.15. The van der Waals surface area contributed by atoms with E-state index in [2.05, 4.69) is 39.7 Å². The van der Waals surface area contributed by atoms with Crippen molar-refractivity contribution in [3.8, 4) is 0 Å². The molecule has 0 spiro atoms. The summed E-state index contributed by atoms with van der Waals surface area (Å²) in [5.74, 6) is 2.54. The number of ether oxygens (including phenoxy) is 1. The Morgan fingerprint density at radius 1 is 1.15 bits per heavy atom. The zero-order chi connectivity index (χ0) is 17.8. The average molecular weight is 354 g/mol. The number of hydrogen-bond acceptors (Lipinski definition) is 4. The summed E-state index contributed by atoms with van der Waals surface area (Å²) in [6, 6.07) is 6.20. The number of aryl methyl sites for hydroxylation is 1. The zero-order valence-electron chi connectivity index (χ0n) is 15.8. The molecule has 0 N–H and O–H groups in total. The van der Waals surface area contributed by atoms with Crippen LogP contribution in [0.4, 0.5) is 0 Å².